The van der Waals surface area contributed by atoms with Gasteiger partial charge in [-0.2, -0.15) is 0 Å². The number of nitrogens with zero attached hydrogens (tertiary/aromatic N) is 1. The molecule has 5 heteroatoms. The van der Waals surface area contributed by atoms with Crippen molar-refractivity contribution in [3.63, 3.8) is 0 Å². The molecule has 104 valence electrons. The van der Waals surface area contributed by atoms with Crippen LogP contribution >= 0.6 is 11.6 Å². The van der Waals surface area contributed by atoms with E-state index < -0.39 is 0 Å². The van der Waals surface area contributed by atoms with E-state index in [1.165, 1.54) is 0 Å². The molecule has 0 aromatic heterocycles. The standard InChI is InChI=1S/C15H15ClN2O2/c1-2-10-5-3-4-6-13(10)20-14-8-7-11(16)9-12(14)15(17)18-19/h3-9,19H,2H2,1H3,(H2,17,18). The molecule has 0 atom stereocenters. The van der Waals surface area contributed by atoms with Gasteiger partial charge in [-0.25, -0.2) is 0 Å². The summed E-state index contributed by atoms with van der Waals surface area (Å²) in [5.74, 6) is 1.19. The predicted octanol–water partition coefficient (Wildman–Crippen LogP) is 3.79. The Morgan fingerprint density at radius 2 is 2.00 bits per heavy atom. The topological polar surface area (TPSA) is 67.8 Å². The van der Waals surface area contributed by atoms with Gasteiger partial charge in [0, 0.05) is 5.02 Å². The SMILES string of the molecule is CCc1ccccc1Oc1ccc(Cl)cc1C(N)=NO. The van der Waals surface area contributed by atoms with Crippen LogP contribution in [-0.4, -0.2) is 11.0 Å². The number of para-hydroxylation sites is 1. The minimum atomic E-state index is -0.0449. The first kappa shape index (κ1) is 14.2. The van der Waals surface area contributed by atoms with E-state index in [0.717, 1.165) is 17.7 Å². The lowest BCUT2D eigenvalue weighted by atomic mass is 10.1. The van der Waals surface area contributed by atoms with Crippen molar-refractivity contribution in [3.8, 4) is 11.5 Å². The summed E-state index contributed by atoms with van der Waals surface area (Å²) in [5.41, 5.74) is 7.18. The van der Waals surface area contributed by atoms with Crippen LogP contribution in [0.3, 0.4) is 0 Å². The van der Waals surface area contributed by atoms with Gasteiger partial charge in [0.25, 0.3) is 0 Å². The number of rotatable bonds is 4. The Balaban J connectivity index is 2.43. The van der Waals surface area contributed by atoms with Gasteiger partial charge in [-0.1, -0.05) is 41.9 Å². The van der Waals surface area contributed by atoms with Crippen LogP contribution in [0.2, 0.25) is 5.02 Å². The average molecular weight is 291 g/mol. The van der Waals surface area contributed by atoms with Crippen molar-refractivity contribution >= 4 is 17.4 Å². The monoisotopic (exact) mass is 290 g/mol. The van der Waals surface area contributed by atoms with Crippen molar-refractivity contribution in [1.29, 1.82) is 0 Å². The smallest absolute Gasteiger partial charge is 0.173 e. The summed E-state index contributed by atoms with van der Waals surface area (Å²) in [6.07, 6.45) is 0.850. The van der Waals surface area contributed by atoms with Crippen molar-refractivity contribution in [2.75, 3.05) is 0 Å². The molecule has 0 amide bonds. The van der Waals surface area contributed by atoms with Crippen molar-refractivity contribution in [1.82, 2.24) is 0 Å². The summed E-state index contributed by atoms with van der Waals surface area (Å²) >= 11 is 5.93. The maximum Gasteiger partial charge on any atom is 0.173 e. The zero-order valence-electron chi connectivity index (χ0n) is 11.0. The fraction of sp³-hybridized carbons (Fsp3) is 0.133. The van der Waals surface area contributed by atoms with Crippen molar-refractivity contribution in [3.05, 3.63) is 58.6 Å². The highest BCUT2D eigenvalue weighted by atomic mass is 35.5. The molecule has 0 saturated heterocycles. The molecule has 0 radical (unpaired) electrons. The minimum absolute atomic E-state index is 0.0449. The Labute approximate surface area is 122 Å². The summed E-state index contributed by atoms with van der Waals surface area (Å²) in [4.78, 5) is 0. The Morgan fingerprint density at radius 3 is 2.70 bits per heavy atom. The van der Waals surface area contributed by atoms with Gasteiger partial charge in [0.15, 0.2) is 5.84 Å². The number of ether oxygens (including phenoxy) is 1. The lowest BCUT2D eigenvalue weighted by molar-refractivity contribution is 0.318. The zero-order chi connectivity index (χ0) is 14.5. The number of aryl methyl sites for hydroxylation is 1. The second-order valence-electron chi connectivity index (χ2n) is 4.19. The second kappa shape index (κ2) is 6.30. The lowest BCUT2D eigenvalue weighted by Gasteiger charge is -2.13. The maximum atomic E-state index is 8.83. The van der Waals surface area contributed by atoms with Crippen LogP contribution in [0.1, 0.15) is 18.1 Å². The molecule has 0 fully saturated rings. The van der Waals surface area contributed by atoms with Crippen LogP contribution in [0.4, 0.5) is 0 Å². The highest BCUT2D eigenvalue weighted by Gasteiger charge is 2.11. The molecule has 0 heterocycles. The van der Waals surface area contributed by atoms with Crippen molar-refractivity contribution in [2.24, 2.45) is 10.9 Å². The van der Waals surface area contributed by atoms with Crippen molar-refractivity contribution < 1.29 is 9.94 Å². The molecule has 2 aromatic carbocycles. The Bertz CT molecular complexity index is 642. The summed E-state index contributed by atoms with van der Waals surface area (Å²) < 4.78 is 5.88. The third kappa shape index (κ3) is 3.03. The number of oxime groups is 1. The maximum absolute atomic E-state index is 8.83. The molecule has 0 aliphatic rings. The number of nitrogens with two attached hydrogens (primary N) is 1. The molecular weight excluding hydrogens is 276 g/mol. The minimum Gasteiger partial charge on any atom is -0.456 e. The third-order valence-electron chi connectivity index (χ3n) is 2.90. The van der Waals surface area contributed by atoms with Gasteiger partial charge in [0.2, 0.25) is 0 Å². The molecule has 0 saturated carbocycles. The van der Waals surface area contributed by atoms with E-state index in [2.05, 4.69) is 12.1 Å². The van der Waals surface area contributed by atoms with Crippen LogP contribution in [0, 0.1) is 0 Å². The highest BCUT2D eigenvalue weighted by Crippen LogP contribution is 2.30. The van der Waals surface area contributed by atoms with Gasteiger partial charge < -0.3 is 15.7 Å². The molecule has 3 N–H and O–H groups in total. The van der Waals surface area contributed by atoms with Gasteiger partial charge in [-0.3, -0.25) is 0 Å². The predicted molar refractivity (Wildman–Crippen MR) is 79.9 cm³/mol. The number of amidine groups is 1. The molecule has 0 aliphatic heterocycles. The van der Waals surface area contributed by atoms with Crippen LogP contribution in [-0.2, 0) is 6.42 Å². The second-order valence-corrected chi connectivity index (χ2v) is 4.63. The Hall–Kier alpha value is -2.20. The first-order chi connectivity index (χ1) is 9.65. The zero-order valence-corrected chi connectivity index (χ0v) is 11.8. The molecule has 2 rings (SSSR count). The molecule has 0 unspecified atom stereocenters. The molecule has 0 spiro atoms. The van der Waals surface area contributed by atoms with Gasteiger partial charge in [0.1, 0.15) is 11.5 Å². The van der Waals surface area contributed by atoms with Crippen LogP contribution in [0.25, 0.3) is 0 Å². The average Bonchev–Trinajstić information content (AvgIpc) is 2.48. The first-order valence-electron chi connectivity index (χ1n) is 6.19. The van der Waals surface area contributed by atoms with E-state index in [0.29, 0.717) is 16.3 Å². The fourth-order valence-electron chi connectivity index (χ4n) is 1.86. The molecule has 0 aliphatic carbocycles. The Morgan fingerprint density at radius 1 is 1.25 bits per heavy atom. The number of hydrogen-bond donors (Lipinski definition) is 2. The number of halogens is 1. The van der Waals surface area contributed by atoms with Gasteiger partial charge >= 0.3 is 0 Å². The van der Waals surface area contributed by atoms with E-state index in [9.17, 15) is 0 Å². The third-order valence-corrected chi connectivity index (χ3v) is 3.13. The largest absolute Gasteiger partial charge is 0.456 e. The molecule has 2 aromatic rings. The van der Waals surface area contributed by atoms with Crippen LogP contribution in [0.5, 0.6) is 11.5 Å². The van der Waals surface area contributed by atoms with Crippen molar-refractivity contribution in [2.45, 2.75) is 13.3 Å². The van der Waals surface area contributed by atoms with Gasteiger partial charge in [-0.05, 0) is 36.2 Å². The normalized spacial score (nSPS) is 11.4. The number of hydrogen-bond acceptors (Lipinski definition) is 3. The van der Waals surface area contributed by atoms with E-state index >= 15 is 0 Å². The molecule has 0 bridgehead atoms. The highest BCUT2D eigenvalue weighted by molar-refractivity contribution is 6.31. The molecule has 4 nitrogen and oxygen atoms in total. The summed E-state index contributed by atoms with van der Waals surface area (Å²) in [6.45, 7) is 2.05. The van der Waals surface area contributed by atoms with Gasteiger partial charge in [-0.15, -0.1) is 0 Å². The quantitative estimate of drug-likeness (QED) is 0.389. The molecular formula is C15H15ClN2O2. The fourth-order valence-corrected chi connectivity index (χ4v) is 2.03. The van der Waals surface area contributed by atoms with E-state index in [1.807, 2.05) is 24.3 Å². The Kier molecular flexibility index (Phi) is 4.48. The van der Waals surface area contributed by atoms with E-state index in [4.69, 9.17) is 27.3 Å². The van der Waals surface area contributed by atoms with E-state index in [1.54, 1.807) is 18.2 Å². The molecule has 20 heavy (non-hydrogen) atoms. The van der Waals surface area contributed by atoms with E-state index in [-0.39, 0.29) is 5.84 Å². The van der Waals surface area contributed by atoms with Gasteiger partial charge in [0.05, 0.1) is 5.56 Å². The summed E-state index contributed by atoms with van der Waals surface area (Å²) in [7, 11) is 0. The van der Waals surface area contributed by atoms with Crippen LogP contribution in [0.15, 0.2) is 47.6 Å². The first-order valence-corrected chi connectivity index (χ1v) is 6.56. The summed E-state index contributed by atoms with van der Waals surface area (Å²) in [5, 5.41) is 12.3. The number of benzene rings is 2. The summed E-state index contributed by atoms with van der Waals surface area (Å²) in [6, 6.07) is 12.7. The van der Waals surface area contributed by atoms with Crippen LogP contribution < -0.4 is 10.5 Å². The lowest BCUT2D eigenvalue weighted by Crippen LogP contribution is -2.14.